The van der Waals surface area contributed by atoms with Gasteiger partial charge in [0.15, 0.2) is 0 Å². The molecule has 0 atom stereocenters. The predicted molar refractivity (Wildman–Crippen MR) is 116 cm³/mol. The molecular formula is C23H25FN4O4. The van der Waals surface area contributed by atoms with E-state index in [0.717, 1.165) is 30.2 Å². The molecule has 0 fully saturated rings. The molecule has 0 aliphatic carbocycles. The second-order valence-corrected chi connectivity index (χ2v) is 7.30. The van der Waals surface area contributed by atoms with Crippen LogP contribution in [0.3, 0.4) is 0 Å². The maximum absolute atomic E-state index is 14.4. The van der Waals surface area contributed by atoms with Crippen LogP contribution in [0.15, 0.2) is 48.7 Å². The van der Waals surface area contributed by atoms with E-state index in [0.29, 0.717) is 37.6 Å². The van der Waals surface area contributed by atoms with Crippen LogP contribution < -0.4 is 10.5 Å². The number of carbonyl (C=O) groups excluding carboxylic acids is 1. The van der Waals surface area contributed by atoms with Crippen molar-refractivity contribution in [1.29, 1.82) is 0 Å². The van der Waals surface area contributed by atoms with E-state index in [1.54, 1.807) is 11.1 Å². The first-order valence-electron chi connectivity index (χ1n) is 10.1. The number of H-pyrrole nitrogens is 1. The Kier molecular flexibility index (Phi) is 7.56. The normalized spacial score (nSPS) is 12.4. The number of halogens is 1. The number of amides is 1. The molecule has 9 heteroatoms. The van der Waals surface area contributed by atoms with E-state index in [1.807, 2.05) is 24.3 Å². The third-order valence-corrected chi connectivity index (χ3v) is 4.85. The summed E-state index contributed by atoms with van der Waals surface area (Å²) in [4.78, 5) is 23.5. The van der Waals surface area contributed by atoms with Crippen LogP contribution >= 0.6 is 0 Å². The quantitative estimate of drug-likeness (QED) is 0.560. The molecule has 1 aromatic heterocycles. The van der Waals surface area contributed by atoms with Crippen molar-refractivity contribution >= 4 is 11.9 Å². The highest BCUT2D eigenvalue weighted by Crippen LogP contribution is 2.26. The van der Waals surface area contributed by atoms with Crippen LogP contribution in [-0.2, 0) is 24.2 Å². The first-order valence-corrected chi connectivity index (χ1v) is 10.1. The lowest BCUT2D eigenvalue weighted by molar-refractivity contribution is -0.134. The number of nitrogens with zero attached hydrogens (tertiary/aromatic N) is 2. The zero-order valence-corrected chi connectivity index (χ0v) is 17.7. The highest BCUT2D eigenvalue weighted by Gasteiger charge is 2.25. The lowest BCUT2D eigenvalue weighted by atomic mass is 10.1. The van der Waals surface area contributed by atoms with Gasteiger partial charge in [0.25, 0.3) is 11.9 Å². The van der Waals surface area contributed by atoms with Gasteiger partial charge in [0.1, 0.15) is 17.3 Å². The van der Waals surface area contributed by atoms with Gasteiger partial charge in [-0.3, -0.25) is 14.7 Å². The van der Waals surface area contributed by atoms with Crippen LogP contribution in [0.2, 0.25) is 0 Å². The number of carboxylic acid groups (broad SMARTS) is 1. The average molecular weight is 440 g/mol. The SMILES string of the molecule is CC(=O)O.NCCc1ccc(Oc2ccc(F)c(C(=O)N3CCc4[nH]ncc4C3)c2)cc1. The number of fused-ring (bicyclic) bond motifs is 1. The summed E-state index contributed by atoms with van der Waals surface area (Å²) in [5.41, 5.74) is 8.67. The van der Waals surface area contributed by atoms with Crippen LogP contribution in [0.1, 0.15) is 34.1 Å². The fourth-order valence-corrected chi connectivity index (χ4v) is 3.32. The summed E-state index contributed by atoms with van der Waals surface area (Å²) < 4.78 is 20.2. The lowest BCUT2D eigenvalue weighted by Gasteiger charge is -2.26. The first-order chi connectivity index (χ1) is 15.4. The zero-order valence-electron chi connectivity index (χ0n) is 17.7. The topological polar surface area (TPSA) is 122 Å². The second-order valence-electron chi connectivity index (χ2n) is 7.30. The molecule has 1 aliphatic heterocycles. The van der Waals surface area contributed by atoms with Crippen molar-refractivity contribution in [2.24, 2.45) is 5.73 Å². The van der Waals surface area contributed by atoms with Crippen LogP contribution in [0.25, 0.3) is 0 Å². The van der Waals surface area contributed by atoms with Gasteiger partial charge in [0.05, 0.1) is 11.8 Å². The molecule has 1 amide bonds. The number of benzene rings is 2. The smallest absolute Gasteiger partial charge is 0.300 e. The minimum atomic E-state index is -0.833. The molecule has 3 aromatic rings. The molecule has 2 aromatic carbocycles. The van der Waals surface area contributed by atoms with E-state index in [4.69, 9.17) is 20.4 Å². The summed E-state index contributed by atoms with van der Waals surface area (Å²) in [6.45, 7) is 2.60. The van der Waals surface area contributed by atoms with Crippen LogP contribution in [0.5, 0.6) is 11.5 Å². The number of aromatic amines is 1. The van der Waals surface area contributed by atoms with Gasteiger partial charge in [0.2, 0.25) is 0 Å². The maximum Gasteiger partial charge on any atom is 0.300 e. The second kappa shape index (κ2) is 10.5. The van der Waals surface area contributed by atoms with Crippen LogP contribution in [0.4, 0.5) is 4.39 Å². The van der Waals surface area contributed by atoms with Gasteiger partial charge in [-0.25, -0.2) is 4.39 Å². The molecule has 0 saturated carbocycles. The average Bonchev–Trinajstić information content (AvgIpc) is 3.24. The van der Waals surface area contributed by atoms with E-state index in [-0.39, 0.29) is 11.5 Å². The number of aliphatic carboxylic acids is 1. The number of ether oxygens (including phenoxy) is 1. The summed E-state index contributed by atoms with van der Waals surface area (Å²) in [5, 5.41) is 14.3. The van der Waals surface area contributed by atoms with E-state index < -0.39 is 11.8 Å². The summed E-state index contributed by atoms with van der Waals surface area (Å²) in [6.07, 6.45) is 3.18. The third kappa shape index (κ3) is 5.92. The number of aromatic nitrogens is 2. The molecule has 0 spiro atoms. The Morgan fingerprint density at radius 1 is 1.22 bits per heavy atom. The Morgan fingerprint density at radius 3 is 2.59 bits per heavy atom. The monoisotopic (exact) mass is 440 g/mol. The Labute approximate surface area is 184 Å². The van der Waals surface area contributed by atoms with Gasteiger partial charge in [-0.15, -0.1) is 0 Å². The fraction of sp³-hybridized carbons (Fsp3) is 0.261. The molecule has 4 N–H and O–H groups in total. The maximum atomic E-state index is 14.4. The Bertz CT molecular complexity index is 1080. The van der Waals surface area contributed by atoms with Crippen LogP contribution in [0, 0.1) is 5.82 Å². The van der Waals surface area contributed by atoms with Gasteiger partial charge < -0.3 is 20.5 Å². The Balaban J connectivity index is 0.000000668. The number of nitrogens with one attached hydrogen (secondary N) is 1. The molecule has 168 valence electrons. The predicted octanol–water partition coefficient (Wildman–Crippen LogP) is 3.13. The summed E-state index contributed by atoms with van der Waals surface area (Å²) in [5.74, 6) is -0.717. The van der Waals surface area contributed by atoms with Crippen molar-refractivity contribution in [2.75, 3.05) is 13.1 Å². The van der Waals surface area contributed by atoms with Gasteiger partial charge in [-0.2, -0.15) is 5.10 Å². The van der Waals surface area contributed by atoms with E-state index >= 15 is 0 Å². The summed E-state index contributed by atoms with van der Waals surface area (Å²) in [7, 11) is 0. The summed E-state index contributed by atoms with van der Waals surface area (Å²) >= 11 is 0. The largest absolute Gasteiger partial charge is 0.481 e. The van der Waals surface area contributed by atoms with Crippen molar-refractivity contribution in [2.45, 2.75) is 26.3 Å². The number of hydrogen-bond donors (Lipinski definition) is 3. The van der Waals surface area contributed by atoms with E-state index in [9.17, 15) is 9.18 Å². The minimum Gasteiger partial charge on any atom is -0.481 e. The van der Waals surface area contributed by atoms with Crippen molar-refractivity contribution in [3.8, 4) is 11.5 Å². The van der Waals surface area contributed by atoms with Crippen molar-refractivity contribution in [1.82, 2.24) is 15.1 Å². The molecular weight excluding hydrogens is 415 g/mol. The molecule has 4 rings (SSSR count). The van der Waals surface area contributed by atoms with Crippen molar-refractivity contribution < 1.29 is 23.8 Å². The number of rotatable bonds is 5. The third-order valence-electron chi connectivity index (χ3n) is 4.85. The van der Waals surface area contributed by atoms with Crippen molar-refractivity contribution in [3.05, 3.63) is 76.9 Å². The molecule has 8 nitrogen and oxygen atoms in total. The fourth-order valence-electron chi connectivity index (χ4n) is 3.32. The number of nitrogens with two attached hydrogens (primary N) is 1. The van der Waals surface area contributed by atoms with Gasteiger partial charge in [-0.05, 0) is 48.9 Å². The Morgan fingerprint density at radius 2 is 1.91 bits per heavy atom. The molecule has 0 radical (unpaired) electrons. The van der Waals surface area contributed by atoms with Crippen LogP contribution in [-0.4, -0.2) is 45.2 Å². The minimum absolute atomic E-state index is 0.00389. The number of carbonyl (C=O) groups is 2. The molecule has 0 bridgehead atoms. The molecule has 32 heavy (non-hydrogen) atoms. The highest BCUT2D eigenvalue weighted by atomic mass is 19.1. The van der Waals surface area contributed by atoms with E-state index in [2.05, 4.69) is 10.2 Å². The Hall–Kier alpha value is -3.72. The lowest BCUT2D eigenvalue weighted by Crippen LogP contribution is -2.36. The number of carboxylic acids is 1. The molecule has 1 aliphatic rings. The zero-order chi connectivity index (χ0) is 23.1. The molecule has 0 unspecified atom stereocenters. The standard InChI is InChI=1S/C21H21FN4O2.C2H4O2/c22-19-6-5-17(28-16-3-1-14(2-4-16)7-9-23)11-18(19)21(27)26-10-8-20-15(13-26)12-24-25-20;1-2(3)4/h1-6,11-12H,7-10,13,23H2,(H,24,25);1H3,(H,3,4). The van der Waals surface area contributed by atoms with Crippen molar-refractivity contribution in [3.63, 3.8) is 0 Å². The first kappa shape index (κ1) is 23.0. The van der Waals surface area contributed by atoms with Gasteiger partial charge in [-0.1, -0.05) is 12.1 Å². The molecule has 2 heterocycles. The number of hydrogen-bond acceptors (Lipinski definition) is 5. The van der Waals surface area contributed by atoms with Gasteiger partial charge in [0, 0.05) is 37.7 Å². The summed E-state index contributed by atoms with van der Waals surface area (Å²) in [6, 6.07) is 11.8. The highest BCUT2D eigenvalue weighted by molar-refractivity contribution is 5.95. The molecule has 0 saturated heterocycles. The van der Waals surface area contributed by atoms with Gasteiger partial charge >= 0.3 is 0 Å². The van der Waals surface area contributed by atoms with E-state index in [1.165, 1.54) is 18.2 Å².